The standard InChI is InChI=1S/C13H13N3OS.ClH/c1-8-3-11(16-5-9(2)14-7-16)4-10-6-18-13(17)15-12(8)10;/h3-5,7H,6H2,1-2H3,(H,15,17);1H. The van der Waals surface area contributed by atoms with Crippen molar-refractivity contribution >= 4 is 35.1 Å². The van der Waals surface area contributed by atoms with Gasteiger partial charge in [0.2, 0.25) is 0 Å². The molecule has 1 amide bonds. The van der Waals surface area contributed by atoms with E-state index in [0.29, 0.717) is 0 Å². The van der Waals surface area contributed by atoms with Crippen molar-refractivity contribution < 1.29 is 4.79 Å². The molecule has 3 rings (SSSR count). The molecule has 19 heavy (non-hydrogen) atoms. The fourth-order valence-electron chi connectivity index (χ4n) is 2.13. The van der Waals surface area contributed by atoms with Crippen LogP contribution in [0.4, 0.5) is 10.5 Å². The van der Waals surface area contributed by atoms with Crippen molar-refractivity contribution in [1.82, 2.24) is 9.55 Å². The molecule has 1 aliphatic heterocycles. The van der Waals surface area contributed by atoms with Crippen LogP contribution in [-0.4, -0.2) is 14.8 Å². The molecule has 2 aromatic rings. The van der Waals surface area contributed by atoms with E-state index in [1.165, 1.54) is 17.3 Å². The SMILES string of the molecule is Cc1cn(-c2cc(C)c3c(c2)CSC(=O)N3)cn1.Cl. The lowest BCUT2D eigenvalue weighted by molar-refractivity contribution is 0.269. The Labute approximate surface area is 122 Å². The van der Waals surface area contributed by atoms with E-state index < -0.39 is 0 Å². The Kier molecular flexibility index (Phi) is 3.87. The van der Waals surface area contributed by atoms with Crippen molar-refractivity contribution in [2.24, 2.45) is 0 Å². The first-order chi connectivity index (χ1) is 8.63. The van der Waals surface area contributed by atoms with Gasteiger partial charge in [0, 0.05) is 23.3 Å². The van der Waals surface area contributed by atoms with Crippen molar-refractivity contribution in [2.75, 3.05) is 5.32 Å². The van der Waals surface area contributed by atoms with Crippen LogP contribution in [-0.2, 0) is 5.75 Å². The molecule has 0 saturated carbocycles. The number of fused-ring (bicyclic) bond motifs is 1. The van der Waals surface area contributed by atoms with Crippen molar-refractivity contribution in [3.8, 4) is 5.69 Å². The molecule has 2 heterocycles. The Bertz CT molecular complexity index is 639. The van der Waals surface area contributed by atoms with Gasteiger partial charge >= 0.3 is 0 Å². The van der Waals surface area contributed by atoms with Crippen LogP contribution in [0.3, 0.4) is 0 Å². The van der Waals surface area contributed by atoms with Gasteiger partial charge in [-0.2, -0.15) is 0 Å². The first-order valence-corrected chi connectivity index (χ1v) is 6.70. The third kappa shape index (κ3) is 2.62. The van der Waals surface area contributed by atoms with Gasteiger partial charge in [-0.15, -0.1) is 12.4 Å². The Morgan fingerprint density at radius 3 is 2.84 bits per heavy atom. The number of aryl methyl sites for hydroxylation is 2. The van der Waals surface area contributed by atoms with E-state index in [0.717, 1.165) is 28.4 Å². The van der Waals surface area contributed by atoms with Crippen LogP contribution in [0.25, 0.3) is 5.69 Å². The van der Waals surface area contributed by atoms with Crippen LogP contribution in [0.5, 0.6) is 0 Å². The highest BCUT2D eigenvalue weighted by atomic mass is 35.5. The Balaban J connectivity index is 0.00000133. The summed E-state index contributed by atoms with van der Waals surface area (Å²) >= 11 is 1.30. The molecule has 1 aromatic heterocycles. The molecular weight excluding hydrogens is 282 g/mol. The molecule has 1 N–H and O–H groups in total. The summed E-state index contributed by atoms with van der Waals surface area (Å²) < 4.78 is 2.00. The molecule has 6 heteroatoms. The van der Waals surface area contributed by atoms with Crippen molar-refractivity contribution in [3.63, 3.8) is 0 Å². The topological polar surface area (TPSA) is 46.9 Å². The maximum atomic E-state index is 11.4. The molecule has 0 unspecified atom stereocenters. The third-order valence-electron chi connectivity index (χ3n) is 3.00. The van der Waals surface area contributed by atoms with Crippen molar-refractivity contribution in [2.45, 2.75) is 19.6 Å². The van der Waals surface area contributed by atoms with Gasteiger partial charge in [-0.1, -0.05) is 11.8 Å². The summed E-state index contributed by atoms with van der Waals surface area (Å²) in [6.07, 6.45) is 3.81. The van der Waals surface area contributed by atoms with Crippen LogP contribution in [0, 0.1) is 13.8 Å². The highest BCUT2D eigenvalue weighted by Crippen LogP contribution is 2.33. The lowest BCUT2D eigenvalue weighted by Gasteiger charge is -2.19. The number of halogens is 1. The van der Waals surface area contributed by atoms with Gasteiger partial charge in [-0.05, 0) is 37.1 Å². The number of nitrogens with one attached hydrogen (secondary N) is 1. The second-order valence-corrected chi connectivity index (χ2v) is 5.37. The van der Waals surface area contributed by atoms with Crippen LogP contribution < -0.4 is 5.32 Å². The van der Waals surface area contributed by atoms with E-state index in [4.69, 9.17) is 0 Å². The highest BCUT2D eigenvalue weighted by molar-refractivity contribution is 8.13. The van der Waals surface area contributed by atoms with Crippen LogP contribution in [0.1, 0.15) is 16.8 Å². The van der Waals surface area contributed by atoms with E-state index >= 15 is 0 Å². The molecule has 0 aliphatic carbocycles. The number of carbonyl (C=O) groups is 1. The van der Waals surface area contributed by atoms with Crippen LogP contribution in [0.15, 0.2) is 24.7 Å². The zero-order valence-electron chi connectivity index (χ0n) is 10.6. The fourth-order valence-corrected chi connectivity index (χ4v) is 2.81. The summed E-state index contributed by atoms with van der Waals surface area (Å²) in [5, 5.41) is 2.94. The van der Waals surface area contributed by atoms with Crippen LogP contribution in [0.2, 0.25) is 0 Å². The highest BCUT2D eigenvalue weighted by Gasteiger charge is 2.18. The second kappa shape index (κ2) is 5.27. The van der Waals surface area contributed by atoms with E-state index in [1.54, 1.807) is 0 Å². The van der Waals surface area contributed by atoms with Gasteiger partial charge in [-0.25, -0.2) is 4.98 Å². The molecule has 0 fully saturated rings. The number of rotatable bonds is 1. The maximum Gasteiger partial charge on any atom is 0.283 e. The summed E-state index contributed by atoms with van der Waals surface area (Å²) in [6, 6.07) is 4.17. The summed E-state index contributed by atoms with van der Waals surface area (Å²) in [5.74, 6) is 0.726. The van der Waals surface area contributed by atoms with Gasteiger partial charge in [0.15, 0.2) is 0 Å². The normalized spacial score (nSPS) is 13.5. The summed E-state index contributed by atoms with van der Waals surface area (Å²) in [6.45, 7) is 3.99. The van der Waals surface area contributed by atoms with E-state index in [9.17, 15) is 4.79 Å². The predicted octanol–water partition coefficient (Wildman–Crippen LogP) is 3.69. The van der Waals surface area contributed by atoms with Gasteiger partial charge in [0.25, 0.3) is 5.24 Å². The molecule has 0 radical (unpaired) electrons. The summed E-state index contributed by atoms with van der Waals surface area (Å²) in [4.78, 5) is 15.6. The first-order valence-electron chi connectivity index (χ1n) is 5.72. The average molecular weight is 296 g/mol. The number of amides is 1. The number of aromatic nitrogens is 2. The largest absolute Gasteiger partial charge is 0.316 e. The average Bonchev–Trinajstić information content (AvgIpc) is 2.77. The molecule has 100 valence electrons. The second-order valence-electron chi connectivity index (χ2n) is 4.42. The van der Waals surface area contributed by atoms with Gasteiger partial charge in [0.05, 0.1) is 12.0 Å². The van der Waals surface area contributed by atoms with E-state index in [1.807, 2.05) is 30.9 Å². The number of imidazole rings is 1. The number of benzene rings is 1. The zero-order valence-corrected chi connectivity index (χ0v) is 12.3. The van der Waals surface area contributed by atoms with Crippen molar-refractivity contribution in [1.29, 1.82) is 0 Å². The van der Waals surface area contributed by atoms with Crippen molar-refractivity contribution in [3.05, 3.63) is 41.5 Å². The fraction of sp³-hybridized carbons (Fsp3) is 0.231. The van der Waals surface area contributed by atoms with E-state index in [2.05, 4.69) is 22.4 Å². The maximum absolute atomic E-state index is 11.4. The smallest absolute Gasteiger partial charge is 0.283 e. The lowest BCUT2D eigenvalue weighted by atomic mass is 10.1. The molecule has 1 aromatic carbocycles. The number of thioether (sulfide) groups is 1. The minimum atomic E-state index is 0. The van der Waals surface area contributed by atoms with Gasteiger partial charge in [-0.3, -0.25) is 4.79 Å². The molecule has 0 atom stereocenters. The molecular formula is C13H14ClN3OS. The molecule has 0 saturated heterocycles. The number of hydrogen-bond acceptors (Lipinski definition) is 3. The number of anilines is 1. The number of carbonyl (C=O) groups excluding carboxylic acids is 1. The molecule has 4 nitrogen and oxygen atoms in total. The number of nitrogens with zero attached hydrogens (tertiary/aromatic N) is 2. The Morgan fingerprint density at radius 1 is 1.37 bits per heavy atom. The monoisotopic (exact) mass is 295 g/mol. The van der Waals surface area contributed by atoms with Crippen LogP contribution >= 0.6 is 24.2 Å². The quantitative estimate of drug-likeness (QED) is 0.873. The lowest BCUT2D eigenvalue weighted by Crippen LogP contribution is -2.14. The predicted molar refractivity (Wildman–Crippen MR) is 80.6 cm³/mol. The molecule has 0 spiro atoms. The third-order valence-corrected chi connectivity index (χ3v) is 3.82. The minimum absolute atomic E-state index is 0. The zero-order chi connectivity index (χ0) is 12.7. The summed E-state index contributed by atoms with van der Waals surface area (Å²) in [7, 11) is 0. The van der Waals surface area contributed by atoms with E-state index in [-0.39, 0.29) is 17.6 Å². The Morgan fingerprint density at radius 2 is 2.16 bits per heavy atom. The first kappa shape index (κ1) is 14.0. The molecule has 1 aliphatic rings. The molecule has 0 bridgehead atoms. The minimum Gasteiger partial charge on any atom is -0.316 e. The Hall–Kier alpha value is -1.46. The summed E-state index contributed by atoms with van der Waals surface area (Å²) in [5.41, 5.74) is 5.29. The van der Waals surface area contributed by atoms with Gasteiger partial charge < -0.3 is 9.88 Å². The van der Waals surface area contributed by atoms with Gasteiger partial charge in [0.1, 0.15) is 0 Å². The number of hydrogen-bond donors (Lipinski definition) is 1.